The molecule has 3 heterocycles. The van der Waals surface area contributed by atoms with E-state index in [2.05, 4.69) is 138 Å². The van der Waals surface area contributed by atoms with Gasteiger partial charge in [-0.05, 0) is 87.1 Å². The smallest absolute Gasteiger partial charge is 0.160 e. The molecule has 0 spiro atoms. The minimum absolute atomic E-state index is 0.674. The number of aromatic nitrogens is 3. The predicted octanol–water partition coefficient (Wildman–Crippen LogP) is 12.9. The van der Waals surface area contributed by atoms with Crippen LogP contribution in [-0.2, 0) is 0 Å². The molecule has 53 heavy (non-hydrogen) atoms. The van der Waals surface area contributed by atoms with Crippen LogP contribution >= 0.6 is 0 Å². The van der Waals surface area contributed by atoms with Crippen molar-refractivity contribution < 1.29 is 4.42 Å². The van der Waals surface area contributed by atoms with Crippen molar-refractivity contribution in [3.05, 3.63) is 188 Å². The van der Waals surface area contributed by atoms with E-state index in [1.807, 2.05) is 54.9 Å². The Balaban J connectivity index is 1.19. The lowest BCUT2D eigenvalue weighted by Gasteiger charge is -2.14. The highest BCUT2D eigenvalue weighted by Gasteiger charge is 2.17. The van der Waals surface area contributed by atoms with Gasteiger partial charge >= 0.3 is 0 Å². The van der Waals surface area contributed by atoms with Crippen LogP contribution in [0.2, 0.25) is 0 Å². The normalized spacial score (nSPS) is 11.4. The molecule has 248 valence electrons. The van der Waals surface area contributed by atoms with Crippen LogP contribution in [0.5, 0.6) is 0 Å². The van der Waals surface area contributed by atoms with Crippen molar-refractivity contribution in [1.29, 1.82) is 0 Å². The molecule has 0 aliphatic rings. The maximum atomic E-state index is 6.55. The molecule has 7 aromatic carbocycles. The fraction of sp³-hybridized carbons (Fsp3) is 0. The third-order valence-corrected chi connectivity index (χ3v) is 9.98. The molecule has 0 bridgehead atoms. The van der Waals surface area contributed by atoms with Gasteiger partial charge in [0.15, 0.2) is 5.82 Å². The zero-order chi connectivity index (χ0) is 35.1. The second-order valence-electron chi connectivity index (χ2n) is 13.3. The van der Waals surface area contributed by atoms with Crippen molar-refractivity contribution in [2.24, 2.45) is 0 Å². The van der Waals surface area contributed by atoms with E-state index >= 15 is 0 Å². The monoisotopic (exact) mass is 677 g/mol. The molecule has 3 aromatic heterocycles. The van der Waals surface area contributed by atoms with Gasteiger partial charge in [-0.1, -0.05) is 127 Å². The SMILES string of the molecule is c1ccc(-c2nc(-c3ccc(-c4ccncc4)cc3)cc(-c3cc(-c4ccc5ccccc5c4)cc(-c4cccc5c4oc4ccccc45)c3)n2)cc1. The maximum Gasteiger partial charge on any atom is 0.160 e. The Morgan fingerprint density at radius 3 is 1.85 bits per heavy atom. The van der Waals surface area contributed by atoms with Crippen LogP contribution in [0, 0.1) is 0 Å². The first kappa shape index (κ1) is 30.6. The van der Waals surface area contributed by atoms with Crippen molar-refractivity contribution in [2.75, 3.05) is 0 Å². The van der Waals surface area contributed by atoms with Crippen molar-refractivity contribution in [3.8, 4) is 67.3 Å². The topological polar surface area (TPSA) is 51.8 Å². The molecule has 0 aliphatic carbocycles. The number of para-hydroxylation sites is 2. The predicted molar refractivity (Wildman–Crippen MR) is 217 cm³/mol. The average Bonchev–Trinajstić information content (AvgIpc) is 3.63. The molecule has 0 saturated carbocycles. The van der Waals surface area contributed by atoms with Gasteiger partial charge in [0.05, 0.1) is 11.4 Å². The van der Waals surface area contributed by atoms with Crippen molar-refractivity contribution in [2.45, 2.75) is 0 Å². The van der Waals surface area contributed by atoms with Gasteiger partial charge in [0, 0.05) is 45.4 Å². The lowest BCUT2D eigenvalue weighted by molar-refractivity contribution is 0.670. The molecule has 0 amide bonds. The van der Waals surface area contributed by atoms with E-state index in [9.17, 15) is 0 Å². The second-order valence-corrected chi connectivity index (χ2v) is 13.3. The average molecular weight is 678 g/mol. The van der Waals surface area contributed by atoms with E-state index in [1.165, 1.54) is 10.8 Å². The Bertz CT molecular complexity index is 2930. The summed E-state index contributed by atoms with van der Waals surface area (Å²) in [6.45, 7) is 0. The summed E-state index contributed by atoms with van der Waals surface area (Å²) in [4.78, 5) is 14.5. The highest BCUT2D eigenvalue weighted by molar-refractivity contribution is 6.10. The zero-order valence-corrected chi connectivity index (χ0v) is 28.6. The van der Waals surface area contributed by atoms with Gasteiger partial charge in [-0.15, -0.1) is 0 Å². The van der Waals surface area contributed by atoms with Gasteiger partial charge < -0.3 is 4.42 Å². The zero-order valence-electron chi connectivity index (χ0n) is 28.6. The summed E-state index contributed by atoms with van der Waals surface area (Å²) in [5, 5.41) is 4.62. The lowest BCUT2D eigenvalue weighted by atomic mass is 9.93. The lowest BCUT2D eigenvalue weighted by Crippen LogP contribution is -1.96. The van der Waals surface area contributed by atoms with Gasteiger partial charge in [0.1, 0.15) is 11.2 Å². The Morgan fingerprint density at radius 2 is 1.00 bits per heavy atom. The largest absolute Gasteiger partial charge is 0.455 e. The number of fused-ring (bicyclic) bond motifs is 4. The molecule has 10 rings (SSSR count). The van der Waals surface area contributed by atoms with Crippen LogP contribution in [0.3, 0.4) is 0 Å². The van der Waals surface area contributed by atoms with Crippen molar-refractivity contribution in [3.63, 3.8) is 0 Å². The fourth-order valence-corrected chi connectivity index (χ4v) is 7.28. The van der Waals surface area contributed by atoms with Gasteiger partial charge in [-0.25, -0.2) is 9.97 Å². The first-order valence-electron chi connectivity index (χ1n) is 17.7. The quantitative estimate of drug-likeness (QED) is 0.176. The summed E-state index contributed by atoms with van der Waals surface area (Å²) in [6.07, 6.45) is 3.64. The summed E-state index contributed by atoms with van der Waals surface area (Å²) in [7, 11) is 0. The van der Waals surface area contributed by atoms with Gasteiger partial charge in [-0.3, -0.25) is 4.98 Å². The number of nitrogens with zero attached hydrogens (tertiary/aromatic N) is 3. The number of pyridine rings is 1. The highest BCUT2D eigenvalue weighted by atomic mass is 16.3. The number of benzene rings is 7. The molecule has 10 aromatic rings. The van der Waals surface area contributed by atoms with E-state index in [0.717, 1.165) is 83.4 Å². The Hall–Kier alpha value is -7.17. The molecule has 4 heteroatoms. The number of rotatable bonds is 6. The number of furan rings is 1. The Morgan fingerprint density at radius 1 is 0.358 bits per heavy atom. The maximum absolute atomic E-state index is 6.55. The molecule has 0 radical (unpaired) electrons. The molecule has 0 aliphatic heterocycles. The molecule has 0 fully saturated rings. The van der Waals surface area contributed by atoms with E-state index in [0.29, 0.717) is 5.82 Å². The van der Waals surface area contributed by atoms with Crippen LogP contribution in [-0.4, -0.2) is 15.0 Å². The summed E-state index contributed by atoms with van der Waals surface area (Å²) in [5.41, 5.74) is 13.0. The highest BCUT2D eigenvalue weighted by Crippen LogP contribution is 2.40. The summed E-state index contributed by atoms with van der Waals surface area (Å²) < 4.78 is 6.55. The van der Waals surface area contributed by atoms with E-state index < -0.39 is 0 Å². The molecule has 0 N–H and O–H groups in total. The standard InChI is InChI=1S/C49H31N3O/c1-2-10-36(11-3-1)49-51-45(35-20-17-33(18-21-35)34-23-25-50-26-24-34)31-46(52-49)41-29-39(38-22-19-32-9-4-5-12-37(32)27-38)28-40(30-41)42-14-8-15-44-43-13-6-7-16-47(43)53-48(42)44/h1-31H. The van der Waals surface area contributed by atoms with Crippen molar-refractivity contribution in [1.82, 2.24) is 15.0 Å². The first-order valence-corrected chi connectivity index (χ1v) is 17.7. The van der Waals surface area contributed by atoms with Crippen LogP contribution < -0.4 is 0 Å². The van der Waals surface area contributed by atoms with Gasteiger partial charge in [-0.2, -0.15) is 0 Å². The summed E-state index contributed by atoms with van der Waals surface area (Å²) in [5.74, 6) is 0.674. The van der Waals surface area contributed by atoms with E-state index in [4.69, 9.17) is 14.4 Å². The second kappa shape index (κ2) is 12.9. The van der Waals surface area contributed by atoms with Gasteiger partial charge in [0.2, 0.25) is 0 Å². The molecular weight excluding hydrogens is 647 g/mol. The Labute approximate surface area is 306 Å². The fourth-order valence-electron chi connectivity index (χ4n) is 7.28. The van der Waals surface area contributed by atoms with Crippen molar-refractivity contribution >= 4 is 32.7 Å². The summed E-state index contributed by atoms with van der Waals surface area (Å²) >= 11 is 0. The molecule has 0 unspecified atom stereocenters. The third-order valence-electron chi connectivity index (χ3n) is 9.98. The van der Waals surface area contributed by atoms with Crippen LogP contribution in [0.1, 0.15) is 0 Å². The van der Waals surface area contributed by atoms with Crippen LogP contribution in [0.15, 0.2) is 193 Å². The molecule has 4 nitrogen and oxygen atoms in total. The minimum Gasteiger partial charge on any atom is -0.455 e. The van der Waals surface area contributed by atoms with E-state index in [1.54, 1.807) is 0 Å². The first-order chi connectivity index (χ1) is 26.2. The Kier molecular flexibility index (Phi) is 7.43. The van der Waals surface area contributed by atoms with E-state index in [-0.39, 0.29) is 0 Å². The third kappa shape index (κ3) is 5.73. The number of hydrogen-bond acceptors (Lipinski definition) is 4. The minimum atomic E-state index is 0.674. The number of hydrogen-bond donors (Lipinski definition) is 0. The molecule has 0 saturated heterocycles. The molecular formula is C49H31N3O. The molecule has 0 atom stereocenters. The van der Waals surface area contributed by atoms with Crippen LogP contribution in [0.4, 0.5) is 0 Å². The van der Waals surface area contributed by atoms with Crippen LogP contribution in [0.25, 0.3) is 100.0 Å². The summed E-state index contributed by atoms with van der Waals surface area (Å²) in [6, 6.07) is 61.5. The van der Waals surface area contributed by atoms with Gasteiger partial charge in [0.25, 0.3) is 0 Å².